The van der Waals surface area contributed by atoms with Gasteiger partial charge in [-0.2, -0.15) is 0 Å². The number of alkyl carbamates (subject to hydrolysis) is 1. The molecule has 2 N–H and O–H groups in total. The molecule has 1 fully saturated rings. The quantitative estimate of drug-likeness (QED) is 0.598. The molecule has 0 heterocycles. The highest BCUT2D eigenvalue weighted by Crippen LogP contribution is 2.28. The molecule has 0 bridgehead atoms. The number of carbonyl (C=O) groups is 1. The van der Waals surface area contributed by atoms with Crippen molar-refractivity contribution in [2.75, 3.05) is 6.26 Å². The van der Waals surface area contributed by atoms with Gasteiger partial charge in [-0.1, -0.05) is 0 Å². The molecule has 1 rings (SSSR count). The number of hydrogen-bond acceptors (Lipinski definition) is 4. The number of hydrogen-bond donors (Lipinski definition) is 2. The maximum Gasteiger partial charge on any atom is 0.407 e. The van der Waals surface area contributed by atoms with Crippen LogP contribution < -0.4 is 5.32 Å². The first-order chi connectivity index (χ1) is 8.31. The molecule has 0 aromatic heterocycles. The Balaban J connectivity index is 2.31. The van der Waals surface area contributed by atoms with Crippen molar-refractivity contribution in [2.45, 2.75) is 58.1 Å². The van der Waals surface area contributed by atoms with Crippen molar-refractivity contribution in [3.05, 3.63) is 0 Å². The molecule has 0 unspecified atom stereocenters. The Morgan fingerprint density at radius 2 is 1.83 bits per heavy atom. The van der Waals surface area contributed by atoms with Gasteiger partial charge in [0, 0.05) is 12.0 Å². The minimum atomic E-state index is -0.442. The molecule has 104 valence electrons. The average Bonchev–Trinajstić information content (AvgIpc) is 2.26. The zero-order valence-electron chi connectivity index (χ0n) is 11.7. The van der Waals surface area contributed by atoms with E-state index in [1.54, 1.807) is 0 Å². The zero-order chi connectivity index (χ0) is 13.8. The van der Waals surface area contributed by atoms with E-state index < -0.39 is 5.60 Å². The Morgan fingerprint density at radius 3 is 2.28 bits per heavy atom. The number of nitrogens with one attached hydrogen (secondary N) is 2. The van der Waals surface area contributed by atoms with E-state index in [1.165, 1.54) is 11.8 Å². The Hall–Kier alpha value is -0.710. The number of amides is 1. The predicted octanol–water partition coefficient (Wildman–Crippen LogP) is 3.41. The van der Waals surface area contributed by atoms with E-state index in [-0.39, 0.29) is 12.1 Å². The zero-order valence-corrected chi connectivity index (χ0v) is 12.5. The summed E-state index contributed by atoms with van der Waals surface area (Å²) in [5.74, 6) is 0.386. The van der Waals surface area contributed by atoms with E-state index in [4.69, 9.17) is 10.1 Å². The molecule has 0 spiro atoms. The van der Waals surface area contributed by atoms with Crippen molar-refractivity contribution in [1.82, 2.24) is 5.32 Å². The van der Waals surface area contributed by atoms with Crippen LogP contribution in [0.1, 0.15) is 46.5 Å². The smallest absolute Gasteiger partial charge is 0.407 e. The SMILES string of the molecule is CSC(=N)C1CCC(NC(=O)OC(C)(C)C)CC1. The molecule has 1 amide bonds. The normalized spacial score (nSPS) is 24.4. The molecule has 4 nitrogen and oxygen atoms in total. The van der Waals surface area contributed by atoms with E-state index in [1.807, 2.05) is 27.0 Å². The number of ether oxygens (including phenoxy) is 1. The highest BCUT2D eigenvalue weighted by atomic mass is 32.2. The molecule has 5 heteroatoms. The Bertz CT molecular complexity index is 305. The van der Waals surface area contributed by atoms with Gasteiger partial charge in [0.15, 0.2) is 0 Å². The van der Waals surface area contributed by atoms with Crippen LogP contribution in [-0.4, -0.2) is 29.0 Å². The van der Waals surface area contributed by atoms with Crippen LogP contribution in [0.5, 0.6) is 0 Å². The van der Waals surface area contributed by atoms with E-state index in [2.05, 4.69) is 5.32 Å². The van der Waals surface area contributed by atoms with Gasteiger partial charge in [0.2, 0.25) is 0 Å². The molecule has 18 heavy (non-hydrogen) atoms. The molecule has 0 saturated heterocycles. The molecular weight excluding hydrogens is 248 g/mol. The molecule has 0 radical (unpaired) electrons. The third-order valence-electron chi connectivity index (χ3n) is 3.04. The first kappa shape index (κ1) is 15.3. The summed E-state index contributed by atoms with van der Waals surface area (Å²) in [7, 11) is 0. The van der Waals surface area contributed by atoms with E-state index in [0.29, 0.717) is 5.92 Å². The summed E-state index contributed by atoms with van der Waals surface area (Å²) in [6.07, 6.45) is 5.47. The van der Waals surface area contributed by atoms with Crippen molar-refractivity contribution in [3.63, 3.8) is 0 Å². The molecule has 1 saturated carbocycles. The van der Waals surface area contributed by atoms with E-state index in [9.17, 15) is 4.79 Å². The Morgan fingerprint density at radius 1 is 1.28 bits per heavy atom. The van der Waals surface area contributed by atoms with Crippen molar-refractivity contribution >= 4 is 22.9 Å². The van der Waals surface area contributed by atoms with Crippen LogP contribution in [0.3, 0.4) is 0 Å². The van der Waals surface area contributed by atoms with Crippen molar-refractivity contribution in [2.24, 2.45) is 5.92 Å². The van der Waals surface area contributed by atoms with Gasteiger partial charge in [0.25, 0.3) is 0 Å². The van der Waals surface area contributed by atoms with Crippen molar-refractivity contribution < 1.29 is 9.53 Å². The second-order valence-electron chi connectivity index (χ2n) is 5.76. The molecule has 0 aromatic rings. The summed E-state index contributed by atoms with van der Waals surface area (Å²) < 4.78 is 5.24. The minimum absolute atomic E-state index is 0.200. The van der Waals surface area contributed by atoms with E-state index >= 15 is 0 Å². The van der Waals surface area contributed by atoms with E-state index in [0.717, 1.165) is 30.7 Å². The summed E-state index contributed by atoms with van der Waals surface area (Å²) in [6.45, 7) is 5.59. The second-order valence-corrected chi connectivity index (χ2v) is 6.61. The lowest BCUT2D eigenvalue weighted by atomic mass is 9.87. The number of thioether (sulfide) groups is 1. The summed E-state index contributed by atoms with van der Waals surface area (Å²) >= 11 is 1.53. The molecule has 1 aliphatic rings. The molecule has 0 aliphatic heterocycles. The molecular formula is C13H24N2O2S. The minimum Gasteiger partial charge on any atom is -0.444 e. The summed E-state index contributed by atoms with van der Waals surface area (Å²) in [5.41, 5.74) is -0.442. The maximum atomic E-state index is 11.6. The molecule has 0 aromatic carbocycles. The first-order valence-corrected chi connectivity index (χ1v) is 7.66. The van der Waals surface area contributed by atoms with Crippen LogP contribution in [0.15, 0.2) is 0 Å². The lowest BCUT2D eigenvalue weighted by Gasteiger charge is -2.29. The predicted molar refractivity (Wildman–Crippen MR) is 76.4 cm³/mol. The van der Waals surface area contributed by atoms with Crippen LogP contribution >= 0.6 is 11.8 Å². The van der Waals surface area contributed by atoms with Gasteiger partial charge in [0.1, 0.15) is 5.60 Å². The van der Waals surface area contributed by atoms with Crippen LogP contribution in [0.4, 0.5) is 4.79 Å². The summed E-state index contributed by atoms with van der Waals surface area (Å²) in [4.78, 5) is 11.6. The Kier molecular flexibility index (Phi) is 5.50. The number of rotatable bonds is 2. The lowest BCUT2D eigenvalue weighted by molar-refractivity contribution is 0.0491. The van der Waals surface area contributed by atoms with Crippen molar-refractivity contribution in [3.8, 4) is 0 Å². The van der Waals surface area contributed by atoms with Gasteiger partial charge in [-0.15, -0.1) is 11.8 Å². The van der Waals surface area contributed by atoms with Crippen LogP contribution in [0.2, 0.25) is 0 Å². The van der Waals surface area contributed by atoms with Gasteiger partial charge < -0.3 is 10.1 Å². The van der Waals surface area contributed by atoms with Gasteiger partial charge in [-0.05, 0) is 52.7 Å². The monoisotopic (exact) mass is 272 g/mol. The lowest BCUT2D eigenvalue weighted by Crippen LogP contribution is -2.41. The first-order valence-electron chi connectivity index (χ1n) is 6.44. The van der Waals surface area contributed by atoms with Gasteiger partial charge in [0.05, 0.1) is 5.04 Å². The topological polar surface area (TPSA) is 62.2 Å². The highest BCUT2D eigenvalue weighted by Gasteiger charge is 2.26. The number of carbonyl (C=O) groups excluding carboxylic acids is 1. The Labute approximate surface area is 114 Å². The third-order valence-corrected chi connectivity index (χ3v) is 3.81. The van der Waals surface area contributed by atoms with Crippen LogP contribution in [0.25, 0.3) is 0 Å². The fourth-order valence-electron chi connectivity index (χ4n) is 2.14. The highest BCUT2D eigenvalue weighted by molar-refractivity contribution is 8.13. The van der Waals surface area contributed by atoms with Gasteiger partial charge in [-0.25, -0.2) is 4.79 Å². The maximum absolute atomic E-state index is 11.6. The fourth-order valence-corrected chi connectivity index (χ4v) is 2.71. The van der Waals surface area contributed by atoms with Gasteiger partial charge >= 0.3 is 6.09 Å². The molecule has 0 atom stereocenters. The van der Waals surface area contributed by atoms with Crippen LogP contribution in [-0.2, 0) is 4.74 Å². The van der Waals surface area contributed by atoms with Crippen molar-refractivity contribution in [1.29, 1.82) is 5.41 Å². The molecule has 1 aliphatic carbocycles. The largest absolute Gasteiger partial charge is 0.444 e. The fraction of sp³-hybridized carbons (Fsp3) is 0.846. The average molecular weight is 272 g/mol. The van der Waals surface area contributed by atoms with Crippen LogP contribution in [0, 0.1) is 11.3 Å². The standard InChI is InChI=1S/C13H24N2O2S/c1-13(2,3)17-12(16)15-10-7-5-9(6-8-10)11(14)18-4/h9-10,14H,5-8H2,1-4H3,(H,15,16). The second kappa shape index (κ2) is 6.45. The summed E-state index contributed by atoms with van der Waals surface area (Å²) in [6, 6.07) is 0.200. The summed E-state index contributed by atoms with van der Waals surface area (Å²) in [5, 5.41) is 11.5. The third kappa shape index (κ3) is 5.29. The van der Waals surface area contributed by atoms with Gasteiger partial charge in [-0.3, -0.25) is 5.41 Å².